The molecule has 0 aliphatic rings. The van der Waals surface area contributed by atoms with Crippen LogP contribution in [-0.4, -0.2) is 24.1 Å². The summed E-state index contributed by atoms with van der Waals surface area (Å²) < 4.78 is 18.3. The van der Waals surface area contributed by atoms with Gasteiger partial charge in [-0.05, 0) is 82.5 Å². The Bertz CT molecular complexity index is 918. The summed E-state index contributed by atoms with van der Waals surface area (Å²) in [6.07, 6.45) is 9.74. The minimum Gasteiger partial charge on any atom is -0.491 e. The van der Waals surface area contributed by atoms with E-state index in [-0.39, 0.29) is 24.1 Å². The first-order chi connectivity index (χ1) is 16.4. The van der Waals surface area contributed by atoms with E-state index in [0.29, 0.717) is 11.3 Å². The molecule has 0 aliphatic carbocycles. The Labute approximate surface area is 206 Å². The van der Waals surface area contributed by atoms with Crippen molar-refractivity contribution in [1.29, 1.82) is 0 Å². The lowest BCUT2D eigenvalue weighted by molar-refractivity contribution is 0.104. The molecule has 2 aromatic carbocycles. The maximum atomic E-state index is 13.1. The molecule has 2 rings (SSSR count). The summed E-state index contributed by atoms with van der Waals surface area (Å²) in [5.74, 6) is 2.05. The predicted octanol–water partition coefficient (Wildman–Crippen LogP) is 8.28. The lowest BCUT2D eigenvalue weighted by atomic mass is 10.1. The summed E-state index contributed by atoms with van der Waals surface area (Å²) in [7, 11) is 0. The second-order valence-corrected chi connectivity index (χ2v) is 9.04. The molecule has 0 N–H and O–H groups in total. The second-order valence-electron chi connectivity index (χ2n) is 9.04. The summed E-state index contributed by atoms with van der Waals surface area (Å²) in [5, 5.41) is 0. The molecule has 4 heteroatoms. The number of para-hydroxylation sites is 1. The number of hydrogen-bond donors (Lipinski definition) is 0. The highest BCUT2D eigenvalue weighted by Crippen LogP contribution is 2.29. The number of allylic oxidation sites excluding steroid dienone is 1. The van der Waals surface area contributed by atoms with Crippen molar-refractivity contribution in [2.24, 2.45) is 0 Å². The molecule has 2 aromatic rings. The van der Waals surface area contributed by atoms with Crippen molar-refractivity contribution in [3.63, 3.8) is 0 Å². The number of benzene rings is 2. The van der Waals surface area contributed by atoms with Gasteiger partial charge in [0, 0.05) is 5.56 Å². The fourth-order valence-electron chi connectivity index (χ4n) is 3.93. The number of carbonyl (C=O) groups is 1. The van der Waals surface area contributed by atoms with Crippen LogP contribution in [0.2, 0.25) is 0 Å². The monoisotopic (exact) mass is 466 g/mol. The first kappa shape index (κ1) is 27.5. The van der Waals surface area contributed by atoms with Gasteiger partial charge in [0.15, 0.2) is 5.78 Å². The summed E-state index contributed by atoms with van der Waals surface area (Å²) in [5.41, 5.74) is 1.39. The van der Waals surface area contributed by atoms with Crippen LogP contribution < -0.4 is 14.2 Å². The van der Waals surface area contributed by atoms with Crippen molar-refractivity contribution in [1.82, 2.24) is 0 Å². The Morgan fingerprint density at radius 2 is 1.32 bits per heavy atom. The van der Waals surface area contributed by atoms with E-state index in [1.807, 2.05) is 55.5 Å². The number of hydrogen-bond acceptors (Lipinski definition) is 4. The highest BCUT2D eigenvalue weighted by atomic mass is 16.5. The molecule has 3 unspecified atom stereocenters. The molecule has 0 spiro atoms. The maximum Gasteiger partial charge on any atom is 0.189 e. The summed E-state index contributed by atoms with van der Waals surface area (Å²) in [6.45, 7) is 12.6. The molecule has 3 atom stereocenters. The van der Waals surface area contributed by atoms with Crippen molar-refractivity contribution in [3.05, 3.63) is 59.7 Å². The topological polar surface area (TPSA) is 44.8 Å². The molecule has 4 nitrogen and oxygen atoms in total. The van der Waals surface area contributed by atoms with E-state index >= 15 is 0 Å². The molecule has 0 saturated carbocycles. The molecule has 0 amide bonds. The van der Waals surface area contributed by atoms with E-state index in [0.717, 1.165) is 55.6 Å². The van der Waals surface area contributed by atoms with Gasteiger partial charge in [0.1, 0.15) is 17.2 Å². The Morgan fingerprint density at radius 3 is 1.94 bits per heavy atom. The Kier molecular flexibility index (Phi) is 11.7. The lowest BCUT2D eigenvalue weighted by Crippen LogP contribution is -2.13. The molecule has 0 aromatic heterocycles. The normalized spacial score (nSPS) is 13.9. The maximum absolute atomic E-state index is 13.1. The molecule has 34 heavy (non-hydrogen) atoms. The Balaban J connectivity index is 2.30. The van der Waals surface area contributed by atoms with E-state index in [4.69, 9.17) is 14.2 Å². The van der Waals surface area contributed by atoms with Crippen LogP contribution in [0.15, 0.2) is 48.5 Å². The molecule has 0 bridgehead atoms. The van der Waals surface area contributed by atoms with Gasteiger partial charge in [0.05, 0.1) is 23.9 Å². The minimum atomic E-state index is -0.0995. The van der Waals surface area contributed by atoms with E-state index < -0.39 is 0 Å². The van der Waals surface area contributed by atoms with Gasteiger partial charge in [-0.25, -0.2) is 0 Å². The van der Waals surface area contributed by atoms with Crippen LogP contribution in [0.25, 0.3) is 6.08 Å². The van der Waals surface area contributed by atoms with Gasteiger partial charge in [0.25, 0.3) is 0 Å². The van der Waals surface area contributed by atoms with Gasteiger partial charge < -0.3 is 14.2 Å². The zero-order valence-corrected chi connectivity index (χ0v) is 21.8. The second kappa shape index (κ2) is 14.5. The molecule has 0 radical (unpaired) electrons. The Hall–Kier alpha value is -2.75. The third kappa shape index (κ3) is 8.89. The van der Waals surface area contributed by atoms with Crippen LogP contribution in [0, 0.1) is 0 Å². The van der Waals surface area contributed by atoms with Crippen LogP contribution in [0.1, 0.15) is 96.0 Å². The zero-order chi connectivity index (χ0) is 24.9. The van der Waals surface area contributed by atoms with E-state index in [1.165, 1.54) is 0 Å². The number of ether oxygens (including phenoxy) is 3. The van der Waals surface area contributed by atoms with Gasteiger partial charge in [-0.3, -0.25) is 4.79 Å². The third-order valence-corrected chi connectivity index (χ3v) is 5.63. The van der Waals surface area contributed by atoms with Gasteiger partial charge >= 0.3 is 0 Å². The number of ketones is 1. The van der Waals surface area contributed by atoms with Crippen LogP contribution >= 0.6 is 0 Å². The lowest BCUT2D eigenvalue weighted by Gasteiger charge is -2.18. The first-order valence-electron chi connectivity index (χ1n) is 12.8. The van der Waals surface area contributed by atoms with Gasteiger partial charge in [-0.15, -0.1) is 0 Å². The minimum absolute atomic E-state index is 0.0573. The smallest absolute Gasteiger partial charge is 0.189 e. The molecule has 186 valence electrons. The first-order valence-corrected chi connectivity index (χ1v) is 12.8. The van der Waals surface area contributed by atoms with Crippen molar-refractivity contribution in [2.75, 3.05) is 0 Å². The SMILES string of the molecule is CCCC(C)Oc1ccc(OC(C)CCC)c(C=CC(=O)c2ccccc2OC(C)CCC)c1. The molecule has 0 fully saturated rings. The fourth-order valence-corrected chi connectivity index (χ4v) is 3.93. The van der Waals surface area contributed by atoms with Crippen molar-refractivity contribution < 1.29 is 19.0 Å². The van der Waals surface area contributed by atoms with Crippen molar-refractivity contribution in [3.8, 4) is 17.2 Å². The number of rotatable bonds is 15. The predicted molar refractivity (Wildman–Crippen MR) is 141 cm³/mol. The molecular formula is C30H42O4. The largest absolute Gasteiger partial charge is 0.491 e. The quantitative estimate of drug-likeness (QED) is 0.196. The van der Waals surface area contributed by atoms with Crippen LogP contribution in [-0.2, 0) is 0 Å². The third-order valence-electron chi connectivity index (χ3n) is 5.63. The average molecular weight is 467 g/mol. The fraction of sp³-hybridized carbons (Fsp3) is 0.500. The Morgan fingerprint density at radius 1 is 0.765 bits per heavy atom. The number of carbonyl (C=O) groups excluding carboxylic acids is 1. The molecular weight excluding hydrogens is 424 g/mol. The van der Waals surface area contributed by atoms with Crippen LogP contribution in [0.5, 0.6) is 17.2 Å². The van der Waals surface area contributed by atoms with Gasteiger partial charge in [-0.2, -0.15) is 0 Å². The van der Waals surface area contributed by atoms with E-state index in [1.54, 1.807) is 6.08 Å². The zero-order valence-electron chi connectivity index (χ0n) is 21.8. The van der Waals surface area contributed by atoms with Crippen molar-refractivity contribution >= 4 is 11.9 Å². The summed E-state index contributed by atoms with van der Waals surface area (Å²) >= 11 is 0. The molecule has 0 heterocycles. The molecule has 0 aliphatic heterocycles. The summed E-state index contributed by atoms with van der Waals surface area (Å²) in [6, 6.07) is 13.3. The summed E-state index contributed by atoms with van der Waals surface area (Å²) in [4.78, 5) is 13.1. The average Bonchev–Trinajstić information content (AvgIpc) is 2.79. The van der Waals surface area contributed by atoms with Crippen LogP contribution in [0.4, 0.5) is 0 Å². The van der Waals surface area contributed by atoms with Gasteiger partial charge in [-0.1, -0.05) is 52.2 Å². The van der Waals surface area contributed by atoms with Gasteiger partial charge in [0.2, 0.25) is 0 Å². The highest BCUT2D eigenvalue weighted by Gasteiger charge is 2.14. The van der Waals surface area contributed by atoms with E-state index in [9.17, 15) is 4.79 Å². The van der Waals surface area contributed by atoms with E-state index in [2.05, 4.69) is 34.6 Å². The van der Waals surface area contributed by atoms with Crippen LogP contribution in [0.3, 0.4) is 0 Å². The highest BCUT2D eigenvalue weighted by molar-refractivity contribution is 6.08. The standard InChI is InChI=1S/C30H42O4/c1-7-12-22(4)32-26-18-20-29(33-23(5)13-8-2)25(21-26)17-19-28(31)27-15-10-11-16-30(27)34-24(6)14-9-3/h10-11,15-24H,7-9,12-14H2,1-6H3. The van der Waals surface area contributed by atoms with Crippen molar-refractivity contribution in [2.45, 2.75) is 98.4 Å². The molecule has 0 saturated heterocycles.